The first-order valence-corrected chi connectivity index (χ1v) is 9.61. The monoisotopic (exact) mass is 368 g/mol. The van der Waals surface area contributed by atoms with Gasteiger partial charge in [-0.25, -0.2) is 4.39 Å². The van der Waals surface area contributed by atoms with Crippen molar-refractivity contribution < 1.29 is 13.9 Å². The molecule has 1 N–H and O–H groups in total. The van der Waals surface area contributed by atoms with E-state index in [1.165, 1.54) is 12.1 Å². The first kappa shape index (κ1) is 18.0. The maximum atomic E-state index is 12.9. The third kappa shape index (κ3) is 4.14. The zero-order chi connectivity index (χ0) is 18.7. The van der Waals surface area contributed by atoms with Crippen LogP contribution in [0.2, 0.25) is 0 Å². The van der Waals surface area contributed by atoms with Gasteiger partial charge in [-0.1, -0.05) is 30.3 Å². The van der Waals surface area contributed by atoms with Crippen LogP contribution in [-0.2, 0) is 4.79 Å². The molecule has 0 unspecified atom stereocenters. The zero-order valence-electron chi connectivity index (χ0n) is 15.4. The predicted molar refractivity (Wildman–Crippen MR) is 102 cm³/mol. The average molecular weight is 368 g/mol. The summed E-state index contributed by atoms with van der Waals surface area (Å²) in [7, 11) is 0. The van der Waals surface area contributed by atoms with E-state index in [1.54, 1.807) is 12.1 Å². The van der Waals surface area contributed by atoms with Gasteiger partial charge in [0, 0.05) is 25.2 Å². The van der Waals surface area contributed by atoms with E-state index in [1.807, 2.05) is 30.3 Å². The maximum absolute atomic E-state index is 12.9. The highest BCUT2D eigenvalue weighted by Crippen LogP contribution is 2.39. The van der Waals surface area contributed by atoms with Gasteiger partial charge in [-0.3, -0.25) is 9.69 Å². The van der Waals surface area contributed by atoms with E-state index in [4.69, 9.17) is 4.74 Å². The van der Waals surface area contributed by atoms with Crippen LogP contribution in [0.3, 0.4) is 0 Å². The molecule has 2 aliphatic rings. The molecule has 0 bridgehead atoms. The minimum atomic E-state index is -0.254. The van der Waals surface area contributed by atoms with E-state index < -0.39 is 0 Å². The van der Waals surface area contributed by atoms with Crippen molar-refractivity contribution in [3.8, 4) is 5.75 Å². The topological polar surface area (TPSA) is 41.6 Å². The van der Waals surface area contributed by atoms with Crippen LogP contribution in [0.15, 0.2) is 54.6 Å². The number of rotatable bonds is 5. The average Bonchev–Trinajstić information content (AvgIpc) is 3.02. The Morgan fingerprint density at radius 3 is 2.48 bits per heavy atom. The van der Waals surface area contributed by atoms with Crippen LogP contribution in [-0.4, -0.2) is 42.6 Å². The minimum Gasteiger partial charge on any atom is -0.492 e. The molecule has 2 aliphatic heterocycles. The summed E-state index contributed by atoms with van der Waals surface area (Å²) in [5.41, 5.74) is 1.05. The highest BCUT2D eigenvalue weighted by molar-refractivity contribution is 5.87. The second kappa shape index (κ2) is 7.69. The van der Waals surface area contributed by atoms with Gasteiger partial charge in [0.25, 0.3) is 0 Å². The molecular weight excluding hydrogens is 343 g/mol. The minimum absolute atomic E-state index is 0.0282. The number of hydrogen-bond acceptors (Lipinski definition) is 3. The lowest BCUT2D eigenvalue weighted by Gasteiger charge is -2.39. The molecule has 5 heteroatoms. The second-order valence-corrected chi connectivity index (χ2v) is 7.58. The molecule has 2 aromatic rings. The van der Waals surface area contributed by atoms with Crippen LogP contribution in [0, 0.1) is 5.82 Å². The Hall–Kier alpha value is -2.40. The van der Waals surface area contributed by atoms with Gasteiger partial charge in [-0.2, -0.15) is 0 Å². The van der Waals surface area contributed by atoms with Crippen LogP contribution in [0.4, 0.5) is 4.39 Å². The van der Waals surface area contributed by atoms with Gasteiger partial charge in [0.1, 0.15) is 18.2 Å². The summed E-state index contributed by atoms with van der Waals surface area (Å²) in [5, 5.41) is 3.29. The molecular formula is C22H25FN2O2. The Morgan fingerprint density at radius 2 is 1.78 bits per heavy atom. The predicted octanol–water partition coefficient (Wildman–Crippen LogP) is 3.34. The van der Waals surface area contributed by atoms with E-state index in [0.29, 0.717) is 12.4 Å². The smallest absolute Gasteiger partial charge is 0.228 e. The van der Waals surface area contributed by atoms with E-state index in [-0.39, 0.29) is 23.2 Å². The number of nitrogens with zero attached hydrogens (tertiary/aromatic N) is 1. The van der Waals surface area contributed by atoms with Crippen molar-refractivity contribution in [1.82, 2.24) is 10.2 Å². The quantitative estimate of drug-likeness (QED) is 0.880. The number of amides is 1. The number of piperidine rings is 1. The molecule has 2 saturated heterocycles. The van der Waals surface area contributed by atoms with Gasteiger partial charge in [0.15, 0.2) is 0 Å². The van der Waals surface area contributed by atoms with Gasteiger partial charge in [0.05, 0.1) is 5.92 Å². The van der Waals surface area contributed by atoms with Crippen molar-refractivity contribution >= 4 is 5.91 Å². The summed E-state index contributed by atoms with van der Waals surface area (Å²) < 4.78 is 18.6. The molecule has 1 amide bonds. The fraction of sp³-hybridized carbons (Fsp3) is 0.409. The number of carbonyl (C=O) groups excluding carboxylic acids is 1. The number of hydrogen-bond donors (Lipinski definition) is 1. The van der Waals surface area contributed by atoms with Gasteiger partial charge < -0.3 is 10.1 Å². The normalized spacial score (nSPS) is 22.0. The van der Waals surface area contributed by atoms with Gasteiger partial charge in [0.2, 0.25) is 5.91 Å². The summed E-state index contributed by atoms with van der Waals surface area (Å²) in [6.45, 7) is 3.32. The van der Waals surface area contributed by atoms with Gasteiger partial charge in [-0.15, -0.1) is 0 Å². The fourth-order valence-electron chi connectivity index (χ4n) is 4.19. The summed E-state index contributed by atoms with van der Waals surface area (Å²) >= 11 is 0. The summed E-state index contributed by atoms with van der Waals surface area (Å²) in [4.78, 5) is 14.9. The molecule has 1 atom stereocenters. The highest BCUT2D eigenvalue weighted by atomic mass is 19.1. The number of ether oxygens (including phenoxy) is 1. The first-order chi connectivity index (χ1) is 13.1. The Bertz CT molecular complexity index is 771. The molecule has 2 aromatic carbocycles. The van der Waals surface area contributed by atoms with Crippen LogP contribution in [0.5, 0.6) is 5.75 Å². The number of halogens is 1. The molecule has 4 rings (SSSR count). The molecule has 0 aromatic heterocycles. The highest BCUT2D eigenvalue weighted by Gasteiger charge is 2.45. The summed E-state index contributed by atoms with van der Waals surface area (Å²) in [6, 6.07) is 16.2. The molecule has 4 nitrogen and oxygen atoms in total. The van der Waals surface area contributed by atoms with Gasteiger partial charge in [-0.05, 0) is 49.1 Å². The Labute approximate surface area is 159 Å². The Morgan fingerprint density at radius 1 is 1.07 bits per heavy atom. The van der Waals surface area contributed by atoms with E-state index in [0.717, 1.165) is 44.5 Å². The number of nitrogens with one attached hydrogen (secondary N) is 1. The maximum Gasteiger partial charge on any atom is 0.228 e. The molecule has 142 valence electrons. The number of likely N-dealkylation sites (tertiary alicyclic amines) is 1. The second-order valence-electron chi connectivity index (χ2n) is 7.58. The van der Waals surface area contributed by atoms with Crippen molar-refractivity contribution in [2.45, 2.75) is 30.7 Å². The molecule has 0 saturated carbocycles. The fourth-order valence-corrected chi connectivity index (χ4v) is 4.19. The van der Waals surface area contributed by atoms with E-state index >= 15 is 0 Å². The number of carbonyl (C=O) groups is 1. The number of benzene rings is 2. The standard InChI is InChI=1S/C22H25FN2O2/c23-18-6-8-19(9-7-18)27-15-14-25-12-10-22(11-13-25)16-20(21(26)24-22)17-4-2-1-3-5-17/h1-9,20H,10-16H2,(H,24,26)/t20-/m0/s1. The van der Waals surface area contributed by atoms with Crippen molar-refractivity contribution in [1.29, 1.82) is 0 Å². The van der Waals surface area contributed by atoms with Crippen molar-refractivity contribution in [3.63, 3.8) is 0 Å². The van der Waals surface area contributed by atoms with E-state index in [9.17, 15) is 9.18 Å². The third-order valence-electron chi connectivity index (χ3n) is 5.80. The van der Waals surface area contributed by atoms with Crippen molar-refractivity contribution in [2.24, 2.45) is 0 Å². The van der Waals surface area contributed by atoms with Crippen molar-refractivity contribution in [3.05, 3.63) is 66.0 Å². The van der Waals surface area contributed by atoms with E-state index in [2.05, 4.69) is 10.2 Å². The molecule has 0 radical (unpaired) electrons. The lowest BCUT2D eigenvalue weighted by Crippen LogP contribution is -2.51. The third-order valence-corrected chi connectivity index (χ3v) is 5.80. The zero-order valence-corrected chi connectivity index (χ0v) is 15.4. The van der Waals surface area contributed by atoms with Crippen LogP contribution in [0.1, 0.15) is 30.7 Å². The van der Waals surface area contributed by atoms with Crippen molar-refractivity contribution in [2.75, 3.05) is 26.2 Å². The Balaban J connectivity index is 1.26. The SMILES string of the molecule is O=C1NC2(CCN(CCOc3ccc(F)cc3)CC2)C[C@H]1c1ccccc1. The molecule has 2 heterocycles. The lowest BCUT2D eigenvalue weighted by molar-refractivity contribution is -0.121. The first-order valence-electron chi connectivity index (χ1n) is 9.61. The summed E-state index contributed by atoms with van der Waals surface area (Å²) in [6.07, 6.45) is 2.83. The molecule has 2 fully saturated rings. The van der Waals surface area contributed by atoms with Crippen LogP contribution >= 0.6 is 0 Å². The summed E-state index contributed by atoms with van der Waals surface area (Å²) in [5.74, 6) is 0.573. The van der Waals surface area contributed by atoms with Crippen LogP contribution < -0.4 is 10.1 Å². The molecule has 27 heavy (non-hydrogen) atoms. The largest absolute Gasteiger partial charge is 0.492 e. The molecule has 0 aliphatic carbocycles. The lowest BCUT2D eigenvalue weighted by atomic mass is 9.82. The van der Waals surface area contributed by atoms with Crippen LogP contribution in [0.25, 0.3) is 0 Å². The Kier molecular flexibility index (Phi) is 5.12. The molecule has 1 spiro atoms. The van der Waals surface area contributed by atoms with Gasteiger partial charge >= 0.3 is 0 Å².